The second-order valence-corrected chi connectivity index (χ2v) is 10.5. The van der Waals surface area contributed by atoms with Gasteiger partial charge in [0.1, 0.15) is 4.21 Å². The highest BCUT2D eigenvalue weighted by molar-refractivity contribution is 7.94. The number of carbonyl (C=O) groups is 2. The van der Waals surface area contributed by atoms with Crippen LogP contribution in [0.2, 0.25) is 0 Å². The third-order valence-corrected chi connectivity index (χ3v) is 8.20. The average molecular weight is 488 g/mol. The summed E-state index contributed by atoms with van der Waals surface area (Å²) in [7, 11) is -3.77. The Morgan fingerprint density at radius 1 is 0.938 bits per heavy atom. The fourth-order valence-electron chi connectivity index (χ4n) is 2.82. The Labute approximate surface area is 192 Å². The van der Waals surface area contributed by atoms with Gasteiger partial charge < -0.3 is 15.1 Å². The number of para-hydroxylation sites is 2. The maximum absolute atomic E-state index is 12.9. The molecular weight excluding hydrogens is 470 g/mol. The minimum Gasteiger partial charge on any atom is -0.459 e. The van der Waals surface area contributed by atoms with Crippen LogP contribution in [0.4, 0.5) is 16.4 Å². The summed E-state index contributed by atoms with van der Waals surface area (Å²) in [6.07, 6.45) is 1.40. The number of nitrogens with one attached hydrogen (secondary N) is 3. The van der Waals surface area contributed by atoms with Gasteiger partial charge >= 0.3 is 0 Å². The van der Waals surface area contributed by atoms with Crippen molar-refractivity contribution in [1.82, 2.24) is 0 Å². The van der Waals surface area contributed by atoms with E-state index in [1.165, 1.54) is 18.4 Å². The Bertz CT molecular complexity index is 1360. The molecule has 164 valence electrons. The maximum Gasteiger partial charge on any atom is 0.291 e. The lowest BCUT2D eigenvalue weighted by Gasteiger charge is -2.12. The van der Waals surface area contributed by atoms with Crippen molar-refractivity contribution in [2.24, 2.45) is 0 Å². The Kier molecular flexibility index (Phi) is 6.12. The van der Waals surface area contributed by atoms with E-state index in [1.807, 2.05) is 0 Å². The van der Waals surface area contributed by atoms with Gasteiger partial charge in [-0.15, -0.1) is 22.7 Å². The van der Waals surface area contributed by atoms with Crippen LogP contribution in [0.1, 0.15) is 25.8 Å². The number of sulfonamides is 1. The van der Waals surface area contributed by atoms with Crippen molar-refractivity contribution in [1.29, 1.82) is 0 Å². The van der Waals surface area contributed by atoms with E-state index < -0.39 is 21.8 Å². The van der Waals surface area contributed by atoms with Crippen LogP contribution >= 0.6 is 22.7 Å². The molecule has 0 aliphatic heterocycles. The summed E-state index contributed by atoms with van der Waals surface area (Å²) < 4.78 is 32.9. The van der Waals surface area contributed by atoms with Crippen LogP contribution < -0.4 is 15.4 Å². The first-order valence-electron chi connectivity index (χ1n) is 9.25. The van der Waals surface area contributed by atoms with Crippen LogP contribution in [0.15, 0.2) is 74.9 Å². The molecule has 4 aromatic rings. The monoisotopic (exact) mass is 487 g/mol. The molecule has 0 saturated heterocycles. The van der Waals surface area contributed by atoms with Gasteiger partial charge in [0, 0.05) is 0 Å². The molecule has 0 unspecified atom stereocenters. The first-order valence-corrected chi connectivity index (χ1v) is 12.4. The van der Waals surface area contributed by atoms with Crippen LogP contribution in [0.25, 0.3) is 0 Å². The molecule has 2 amide bonds. The van der Waals surface area contributed by atoms with Crippen molar-refractivity contribution in [3.8, 4) is 0 Å². The highest BCUT2D eigenvalue weighted by Crippen LogP contribution is 2.30. The van der Waals surface area contributed by atoms with Crippen molar-refractivity contribution in [3.05, 3.63) is 82.4 Å². The van der Waals surface area contributed by atoms with E-state index in [9.17, 15) is 18.0 Å². The van der Waals surface area contributed by atoms with E-state index >= 15 is 0 Å². The highest BCUT2D eigenvalue weighted by Gasteiger charge is 2.20. The number of amides is 2. The number of hydrogen-bond acceptors (Lipinski definition) is 7. The summed E-state index contributed by atoms with van der Waals surface area (Å²) in [5.74, 6) is -0.681. The van der Waals surface area contributed by atoms with Gasteiger partial charge in [-0.2, -0.15) is 0 Å². The molecule has 3 heterocycles. The lowest BCUT2D eigenvalue weighted by Crippen LogP contribution is -2.16. The molecule has 0 spiro atoms. The SMILES string of the molecule is Cc1cc(NC(=O)c2ccco2)sc1C(=O)Nc1ccccc1NS(=O)(=O)c1cccs1. The fraction of sp³-hybridized carbons (Fsp3) is 0.0476. The van der Waals surface area contributed by atoms with Gasteiger partial charge in [0.15, 0.2) is 5.76 Å². The predicted molar refractivity (Wildman–Crippen MR) is 125 cm³/mol. The van der Waals surface area contributed by atoms with E-state index in [2.05, 4.69) is 15.4 Å². The van der Waals surface area contributed by atoms with Crippen molar-refractivity contribution in [2.75, 3.05) is 15.4 Å². The molecule has 4 rings (SSSR count). The summed E-state index contributed by atoms with van der Waals surface area (Å²) in [6.45, 7) is 1.75. The van der Waals surface area contributed by atoms with E-state index in [4.69, 9.17) is 4.42 Å². The van der Waals surface area contributed by atoms with Crippen LogP contribution in [-0.4, -0.2) is 20.2 Å². The Morgan fingerprint density at radius 3 is 2.41 bits per heavy atom. The van der Waals surface area contributed by atoms with Crippen LogP contribution in [-0.2, 0) is 10.0 Å². The highest BCUT2D eigenvalue weighted by atomic mass is 32.2. The lowest BCUT2D eigenvalue weighted by atomic mass is 10.2. The van der Waals surface area contributed by atoms with Gasteiger partial charge in [0.2, 0.25) is 0 Å². The van der Waals surface area contributed by atoms with Crippen LogP contribution in [0.3, 0.4) is 0 Å². The molecule has 0 radical (unpaired) electrons. The molecule has 3 N–H and O–H groups in total. The van der Waals surface area contributed by atoms with Gasteiger partial charge in [-0.25, -0.2) is 8.42 Å². The first-order chi connectivity index (χ1) is 15.3. The van der Waals surface area contributed by atoms with Crippen molar-refractivity contribution in [3.63, 3.8) is 0 Å². The largest absolute Gasteiger partial charge is 0.459 e. The minimum absolute atomic E-state index is 0.161. The summed E-state index contributed by atoms with van der Waals surface area (Å²) in [5, 5.41) is 7.60. The number of carbonyl (C=O) groups excluding carboxylic acids is 2. The van der Waals surface area contributed by atoms with E-state index in [0.717, 1.165) is 22.7 Å². The second kappa shape index (κ2) is 8.99. The molecule has 0 aliphatic rings. The van der Waals surface area contributed by atoms with Crippen molar-refractivity contribution >= 4 is 60.9 Å². The third kappa shape index (κ3) is 4.74. The Morgan fingerprint density at radius 2 is 1.72 bits per heavy atom. The molecule has 32 heavy (non-hydrogen) atoms. The maximum atomic E-state index is 12.9. The summed E-state index contributed by atoms with van der Waals surface area (Å²) in [4.78, 5) is 25.5. The topological polar surface area (TPSA) is 118 Å². The third-order valence-electron chi connectivity index (χ3n) is 4.29. The van der Waals surface area contributed by atoms with Gasteiger partial charge in [-0.1, -0.05) is 18.2 Å². The summed E-state index contributed by atoms with van der Waals surface area (Å²) >= 11 is 2.20. The quantitative estimate of drug-likeness (QED) is 0.338. The normalized spacial score (nSPS) is 11.2. The zero-order valence-electron chi connectivity index (χ0n) is 16.6. The number of hydrogen-bond donors (Lipinski definition) is 3. The number of benzene rings is 1. The summed E-state index contributed by atoms with van der Waals surface area (Å²) in [6, 6.07) is 14.5. The number of furan rings is 1. The number of rotatable bonds is 7. The van der Waals surface area contributed by atoms with Gasteiger partial charge in [-0.05, 0) is 54.3 Å². The van der Waals surface area contributed by atoms with E-state index in [1.54, 1.807) is 54.8 Å². The summed E-state index contributed by atoms with van der Waals surface area (Å²) in [5.41, 5.74) is 1.22. The zero-order valence-corrected chi connectivity index (χ0v) is 19.1. The van der Waals surface area contributed by atoms with Gasteiger partial charge in [-0.3, -0.25) is 14.3 Å². The van der Waals surface area contributed by atoms with E-state index in [0.29, 0.717) is 21.1 Å². The van der Waals surface area contributed by atoms with Gasteiger partial charge in [0.05, 0.1) is 27.5 Å². The van der Waals surface area contributed by atoms with Crippen LogP contribution in [0, 0.1) is 6.92 Å². The molecule has 0 atom stereocenters. The molecular formula is C21H17N3O5S3. The lowest BCUT2D eigenvalue weighted by molar-refractivity contribution is 0.0995. The first kappa shape index (κ1) is 21.8. The average Bonchev–Trinajstić information content (AvgIpc) is 3.51. The molecule has 11 heteroatoms. The molecule has 0 fully saturated rings. The molecule has 0 aliphatic carbocycles. The molecule has 8 nitrogen and oxygen atoms in total. The smallest absolute Gasteiger partial charge is 0.291 e. The number of thiophene rings is 2. The van der Waals surface area contributed by atoms with Gasteiger partial charge in [0.25, 0.3) is 21.8 Å². The standard InChI is InChI=1S/C21H17N3O5S3/c1-13-12-17(23-20(25)16-8-4-10-29-16)31-19(13)21(26)22-14-6-2-3-7-15(14)24-32(27,28)18-9-5-11-30-18/h2-12,24H,1H3,(H,22,26)(H,23,25). The van der Waals surface area contributed by atoms with Crippen LogP contribution in [0.5, 0.6) is 0 Å². The predicted octanol–water partition coefficient (Wildman–Crippen LogP) is 5.02. The number of anilines is 3. The molecule has 1 aromatic carbocycles. The number of aryl methyl sites for hydroxylation is 1. The Hall–Kier alpha value is -3.41. The minimum atomic E-state index is -3.77. The second-order valence-electron chi connectivity index (χ2n) is 6.59. The van der Waals surface area contributed by atoms with Crippen molar-refractivity contribution < 1.29 is 22.4 Å². The van der Waals surface area contributed by atoms with E-state index in [-0.39, 0.29) is 15.7 Å². The molecule has 0 saturated carbocycles. The fourth-order valence-corrected chi connectivity index (χ4v) is 5.86. The molecule has 0 bridgehead atoms. The zero-order chi connectivity index (χ0) is 22.7. The Balaban J connectivity index is 1.51. The van der Waals surface area contributed by atoms with Crippen molar-refractivity contribution in [2.45, 2.75) is 11.1 Å². The molecule has 3 aromatic heterocycles.